The van der Waals surface area contributed by atoms with Gasteiger partial charge in [-0.1, -0.05) is 28.2 Å². The van der Waals surface area contributed by atoms with E-state index < -0.39 is 0 Å². The normalized spacial score (nSPS) is 20.0. The SMILES string of the molecule is C.CN1CCN(CCCC(C)(C)C)CC1. The predicted molar refractivity (Wildman–Crippen MR) is 69.4 cm³/mol. The summed E-state index contributed by atoms with van der Waals surface area (Å²) in [6, 6.07) is 0. The summed E-state index contributed by atoms with van der Waals surface area (Å²) in [5, 5.41) is 0. The van der Waals surface area contributed by atoms with Gasteiger partial charge in [0.15, 0.2) is 0 Å². The molecule has 0 aromatic heterocycles. The molecule has 0 N–H and O–H groups in total. The second kappa shape index (κ2) is 6.49. The first-order valence-corrected chi connectivity index (χ1v) is 5.88. The van der Waals surface area contributed by atoms with Crippen LogP contribution in [0.5, 0.6) is 0 Å². The molecule has 0 atom stereocenters. The van der Waals surface area contributed by atoms with Gasteiger partial charge in [0.25, 0.3) is 0 Å². The van der Waals surface area contributed by atoms with Gasteiger partial charge < -0.3 is 9.80 Å². The Labute approximate surface area is 96.6 Å². The van der Waals surface area contributed by atoms with Crippen LogP contribution in [-0.4, -0.2) is 49.6 Å². The molecule has 0 saturated carbocycles. The van der Waals surface area contributed by atoms with Gasteiger partial charge in [0.1, 0.15) is 0 Å². The fourth-order valence-electron chi connectivity index (χ4n) is 1.90. The summed E-state index contributed by atoms with van der Waals surface area (Å²) in [5.41, 5.74) is 0.507. The fraction of sp³-hybridized carbons (Fsp3) is 1.00. The monoisotopic (exact) mass is 214 g/mol. The Bertz CT molecular complexity index is 152. The molecule has 0 amide bonds. The molecule has 0 bridgehead atoms. The summed E-state index contributed by atoms with van der Waals surface area (Å²) in [6.07, 6.45) is 2.70. The second-order valence-electron chi connectivity index (χ2n) is 5.81. The van der Waals surface area contributed by atoms with Gasteiger partial charge in [-0.05, 0) is 31.8 Å². The number of hydrogen-bond donors (Lipinski definition) is 0. The average molecular weight is 214 g/mol. The highest BCUT2D eigenvalue weighted by molar-refractivity contribution is 4.70. The van der Waals surface area contributed by atoms with Crippen LogP contribution in [0, 0.1) is 5.41 Å². The van der Waals surface area contributed by atoms with Crippen molar-refractivity contribution in [2.75, 3.05) is 39.8 Å². The minimum absolute atomic E-state index is 0. The van der Waals surface area contributed by atoms with Crippen molar-refractivity contribution in [3.05, 3.63) is 0 Å². The van der Waals surface area contributed by atoms with Gasteiger partial charge in [0, 0.05) is 26.2 Å². The molecule has 0 aromatic carbocycles. The third-order valence-corrected chi connectivity index (χ3v) is 3.00. The summed E-state index contributed by atoms with van der Waals surface area (Å²) in [7, 11) is 2.21. The maximum atomic E-state index is 2.60. The summed E-state index contributed by atoms with van der Waals surface area (Å²) in [4.78, 5) is 5.02. The van der Waals surface area contributed by atoms with Crippen LogP contribution in [-0.2, 0) is 0 Å². The van der Waals surface area contributed by atoms with E-state index in [2.05, 4.69) is 37.6 Å². The molecular formula is C13H30N2. The van der Waals surface area contributed by atoms with E-state index in [1.165, 1.54) is 45.6 Å². The molecule has 0 spiro atoms. The van der Waals surface area contributed by atoms with Crippen molar-refractivity contribution in [2.45, 2.75) is 41.0 Å². The summed E-state index contributed by atoms with van der Waals surface area (Å²) < 4.78 is 0. The Morgan fingerprint density at radius 3 is 2.00 bits per heavy atom. The minimum Gasteiger partial charge on any atom is -0.304 e. The van der Waals surface area contributed by atoms with E-state index >= 15 is 0 Å². The molecule has 1 heterocycles. The Morgan fingerprint density at radius 1 is 1.00 bits per heavy atom. The lowest BCUT2D eigenvalue weighted by atomic mass is 9.90. The quantitative estimate of drug-likeness (QED) is 0.713. The molecule has 1 rings (SSSR count). The van der Waals surface area contributed by atoms with Crippen LogP contribution in [0.4, 0.5) is 0 Å². The largest absolute Gasteiger partial charge is 0.304 e. The highest BCUT2D eigenvalue weighted by Crippen LogP contribution is 2.20. The van der Waals surface area contributed by atoms with Crippen molar-refractivity contribution in [1.29, 1.82) is 0 Å². The molecule has 92 valence electrons. The topological polar surface area (TPSA) is 6.48 Å². The molecule has 0 unspecified atom stereocenters. The van der Waals surface area contributed by atoms with Crippen LogP contribution in [0.25, 0.3) is 0 Å². The molecule has 1 fully saturated rings. The van der Waals surface area contributed by atoms with Crippen molar-refractivity contribution in [3.8, 4) is 0 Å². The second-order valence-corrected chi connectivity index (χ2v) is 5.81. The minimum atomic E-state index is 0. The molecule has 0 aliphatic carbocycles. The van der Waals surface area contributed by atoms with Crippen molar-refractivity contribution < 1.29 is 0 Å². The van der Waals surface area contributed by atoms with E-state index in [0.29, 0.717) is 5.41 Å². The van der Waals surface area contributed by atoms with Crippen LogP contribution in [0.2, 0.25) is 0 Å². The standard InChI is InChI=1S/C12H26N2.CH4/c1-12(2,3)6-5-7-14-10-8-13(4)9-11-14;/h5-11H2,1-4H3;1H4. The smallest absolute Gasteiger partial charge is 0.0110 e. The van der Waals surface area contributed by atoms with Crippen molar-refractivity contribution in [1.82, 2.24) is 9.80 Å². The molecule has 1 saturated heterocycles. The van der Waals surface area contributed by atoms with Crippen LogP contribution in [0.15, 0.2) is 0 Å². The number of likely N-dealkylation sites (N-methyl/N-ethyl adjacent to an activating group) is 1. The molecule has 15 heavy (non-hydrogen) atoms. The predicted octanol–water partition coefficient (Wildman–Crippen LogP) is 2.70. The van der Waals surface area contributed by atoms with Crippen LogP contribution in [0.3, 0.4) is 0 Å². The zero-order valence-electron chi connectivity index (χ0n) is 10.3. The maximum absolute atomic E-state index is 2.60. The summed E-state index contributed by atoms with van der Waals surface area (Å²) >= 11 is 0. The molecule has 0 aromatic rings. The summed E-state index contributed by atoms with van der Waals surface area (Å²) in [5.74, 6) is 0. The Hall–Kier alpha value is -0.0800. The maximum Gasteiger partial charge on any atom is 0.0110 e. The van der Waals surface area contributed by atoms with E-state index in [4.69, 9.17) is 0 Å². The van der Waals surface area contributed by atoms with Crippen LogP contribution >= 0.6 is 0 Å². The van der Waals surface area contributed by atoms with Crippen molar-refractivity contribution in [2.24, 2.45) is 5.41 Å². The highest BCUT2D eigenvalue weighted by atomic mass is 15.2. The third kappa shape index (κ3) is 6.91. The fourth-order valence-corrected chi connectivity index (χ4v) is 1.90. The third-order valence-electron chi connectivity index (χ3n) is 3.00. The molecule has 1 aliphatic heterocycles. The molecular weight excluding hydrogens is 184 g/mol. The van der Waals surface area contributed by atoms with Gasteiger partial charge in [-0.25, -0.2) is 0 Å². The van der Waals surface area contributed by atoms with Gasteiger partial charge in [-0.3, -0.25) is 0 Å². The average Bonchev–Trinajstić information content (AvgIpc) is 2.06. The van der Waals surface area contributed by atoms with Crippen molar-refractivity contribution >= 4 is 0 Å². The van der Waals surface area contributed by atoms with Crippen LogP contribution in [0.1, 0.15) is 41.0 Å². The first-order chi connectivity index (χ1) is 6.47. The first kappa shape index (κ1) is 14.9. The van der Waals surface area contributed by atoms with Crippen LogP contribution < -0.4 is 0 Å². The van der Waals surface area contributed by atoms with Crippen molar-refractivity contribution in [3.63, 3.8) is 0 Å². The number of nitrogens with zero attached hydrogens (tertiary/aromatic N) is 2. The Balaban J connectivity index is 0.00000196. The van der Waals surface area contributed by atoms with E-state index in [1.54, 1.807) is 0 Å². The molecule has 2 nitrogen and oxygen atoms in total. The molecule has 0 radical (unpaired) electrons. The lowest BCUT2D eigenvalue weighted by Crippen LogP contribution is -2.44. The number of hydrogen-bond acceptors (Lipinski definition) is 2. The van der Waals surface area contributed by atoms with Gasteiger partial charge in [0.05, 0.1) is 0 Å². The van der Waals surface area contributed by atoms with Gasteiger partial charge in [0.2, 0.25) is 0 Å². The Morgan fingerprint density at radius 2 is 1.53 bits per heavy atom. The van der Waals surface area contributed by atoms with E-state index in [-0.39, 0.29) is 7.43 Å². The summed E-state index contributed by atoms with van der Waals surface area (Å²) in [6.45, 7) is 13.3. The zero-order valence-corrected chi connectivity index (χ0v) is 10.3. The van der Waals surface area contributed by atoms with E-state index in [1.807, 2.05) is 0 Å². The van der Waals surface area contributed by atoms with E-state index in [9.17, 15) is 0 Å². The molecule has 1 aliphatic rings. The lowest BCUT2D eigenvalue weighted by Gasteiger charge is -2.32. The molecule has 2 heteroatoms. The van der Waals surface area contributed by atoms with Gasteiger partial charge >= 0.3 is 0 Å². The van der Waals surface area contributed by atoms with Gasteiger partial charge in [-0.15, -0.1) is 0 Å². The highest BCUT2D eigenvalue weighted by Gasteiger charge is 2.15. The van der Waals surface area contributed by atoms with E-state index in [0.717, 1.165) is 0 Å². The number of rotatable bonds is 3. The zero-order chi connectivity index (χ0) is 10.6. The number of piperazine rings is 1. The first-order valence-electron chi connectivity index (χ1n) is 5.88. The Kier molecular flexibility index (Phi) is 6.46. The lowest BCUT2D eigenvalue weighted by molar-refractivity contribution is 0.147. The van der Waals surface area contributed by atoms with Gasteiger partial charge in [-0.2, -0.15) is 0 Å².